The van der Waals surface area contributed by atoms with Gasteiger partial charge in [0.15, 0.2) is 9.84 Å². The van der Waals surface area contributed by atoms with E-state index in [4.69, 9.17) is 4.98 Å². The molecule has 39 heavy (non-hydrogen) atoms. The molecule has 202 valence electrons. The van der Waals surface area contributed by atoms with E-state index in [-0.39, 0.29) is 17.2 Å². The van der Waals surface area contributed by atoms with E-state index in [9.17, 15) is 18.0 Å². The second-order valence-corrected chi connectivity index (χ2v) is 13.4. The van der Waals surface area contributed by atoms with Gasteiger partial charge in [0, 0.05) is 29.6 Å². The van der Waals surface area contributed by atoms with Crippen molar-refractivity contribution in [3.63, 3.8) is 0 Å². The molecular weight excluding hydrogens is 510 g/mol. The number of anilines is 1. The van der Waals surface area contributed by atoms with Crippen LogP contribution >= 0.6 is 0 Å². The quantitative estimate of drug-likeness (QED) is 0.382. The van der Waals surface area contributed by atoms with Crippen LogP contribution in [0, 0.1) is 0 Å². The van der Waals surface area contributed by atoms with Crippen molar-refractivity contribution in [3.05, 3.63) is 77.0 Å². The van der Waals surface area contributed by atoms with Crippen molar-refractivity contribution in [1.29, 1.82) is 0 Å². The van der Waals surface area contributed by atoms with Crippen molar-refractivity contribution in [1.82, 2.24) is 10.3 Å². The van der Waals surface area contributed by atoms with Crippen LogP contribution < -0.4 is 10.2 Å². The van der Waals surface area contributed by atoms with Crippen molar-refractivity contribution in [2.45, 2.75) is 68.2 Å². The topological polar surface area (TPSA) is 96.4 Å². The number of aldehydes is 1. The van der Waals surface area contributed by atoms with Gasteiger partial charge in [0.25, 0.3) is 0 Å². The number of aromatic nitrogens is 1. The molecule has 0 unspecified atom stereocenters. The van der Waals surface area contributed by atoms with Crippen LogP contribution in [0.4, 0.5) is 10.5 Å². The third kappa shape index (κ3) is 4.75. The van der Waals surface area contributed by atoms with Gasteiger partial charge in [-0.05, 0) is 73.1 Å². The van der Waals surface area contributed by atoms with Gasteiger partial charge in [-0.1, -0.05) is 44.0 Å². The minimum atomic E-state index is -3.26. The van der Waals surface area contributed by atoms with Crippen LogP contribution in [-0.2, 0) is 21.8 Å². The zero-order valence-electron chi connectivity index (χ0n) is 22.2. The first-order valence-corrected chi connectivity index (χ1v) is 15.5. The summed E-state index contributed by atoms with van der Waals surface area (Å²) >= 11 is 0. The third-order valence-corrected chi connectivity index (χ3v) is 10.3. The van der Waals surface area contributed by atoms with Gasteiger partial charge in [0.05, 0.1) is 27.7 Å². The Hall–Kier alpha value is -3.52. The lowest BCUT2D eigenvalue weighted by molar-refractivity contribution is 0.112. The summed E-state index contributed by atoms with van der Waals surface area (Å²) in [7, 11) is -3.26. The molecule has 2 heterocycles. The Kier molecular flexibility index (Phi) is 6.53. The molecular formula is C31H33N3O4S. The molecule has 0 bridgehead atoms. The molecule has 2 fully saturated rings. The van der Waals surface area contributed by atoms with Gasteiger partial charge in [-0.3, -0.25) is 9.69 Å². The normalized spacial score (nSPS) is 17.8. The summed E-state index contributed by atoms with van der Waals surface area (Å²) in [6, 6.07) is 16.4. The predicted molar refractivity (Wildman–Crippen MR) is 151 cm³/mol. The zero-order chi connectivity index (χ0) is 27.2. The lowest BCUT2D eigenvalue weighted by Gasteiger charge is -2.24. The molecule has 2 amide bonds. The van der Waals surface area contributed by atoms with Crippen molar-refractivity contribution >= 4 is 27.8 Å². The Labute approximate surface area is 229 Å². The number of urea groups is 1. The highest BCUT2D eigenvalue weighted by molar-refractivity contribution is 7.91. The van der Waals surface area contributed by atoms with Gasteiger partial charge in [-0.2, -0.15) is 0 Å². The molecule has 1 spiro atoms. The van der Waals surface area contributed by atoms with Gasteiger partial charge in [0.1, 0.15) is 6.29 Å². The third-order valence-electron chi connectivity index (χ3n) is 8.55. The minimum Gasteiger partial charge on any atom is -0.334 e. The maximum absolute atomic E-state index is 13.4. The SMILES string of the molecule is CCS(=O)(=O)c1ccc(CNC(=O)N2CC3(CCCC3)c3nc(-c4cc(C=O)ccc4C4CC4)ccc32)cc1. The van der Waals surface area contributed by atoms with Crippen LogP contribution in [0.25, 0.3) is 11.3 Å². The molecule has 2 aliphatic carbocycles. The Morgan fingerprint density at radius 3 is 2.49 bits per heavy atom. The number of carbonyl (C=O) groups is 2. The number of hydrogen-bond acceptors (Lipinski definition) is 5. The van der Waals surface area contributed by atoms with Crippen LogP contribution in [0.1, 0.15) is 78.5 Å². The molecule has 6 rings (SSSR count). The highest BCUT2D eigenvalue weighted by Crippen LogP contribution is 2.51. The minimum absolute atomic E-state index is 0.0549. The van der Waals surface area contributed by atoms with E-state index in [1.165, 1.54) is 5.56 Å². The molecule has 0 atom stereocenters. The number of sulfone groups is 1. The number of fused-ring (bicyclic) bond motifs is 2. The average molecular weight is 544 g/mol. The van der Waals surface area contributed by atoms with Gasteiger partial charge >= 0.3 is 6.03 Å². The fraction of sp³-hybridized carbons (Fsp3) is 0.387. The molecule has 0 radical (unpaired) electrons. The molecule has 2 saturated carbocycles. The fourth-order valence-corrected chi connectivity index (χ4v) is 7.06. The Bertz CT molecular complexity index is 1540. The molecule has 1 N–H and O–H groups in total. The summed E-state index contributed by atoms with van der Waals surface area (Å²) in [6.07, 6.45) is 7.42. The first kappa shape index (κ1) is 25.7. The highest BCUT2D eigenvalue weighted by atomic mass is 32.2. The van der Waals surface area contributed by atoms with Crippen LogP contribution in [0.5, 0.6) is 0 Å². The summed E-state index contributed by atoms with van der Waals surface area (Å²) in [5, 5.41) is 3.02. The van der Waals surface area contributed by atoms with E-state index in [1.807, 2.05) is 29.2 Å². The first-order chi connectivity index (χ1) is 18.8. The van der Waals surface area contributed by atoms with E-state index < -0.39 is 9.84 Å². The first-order valence-electron chi connectivity index (χ1n) is 13.8. The number of amides is 2. The van der Waals surface area contributed by atoms with Crippen LogP contribution in [-0.4, -0.2) is 38.0 Å². The van der Waals surface area contributed by atoms with E-state index >= 15 is 0 Å². The molecule has 1 aliphatic heterocycles. The van der Waals surface area contributed by atoms with E-state index in [1.54, 1.807) is 31.2 Å². The maximum atomic E-state index is 13.4. The molecule has 3 aromatic rings. The Morgan fingerprint density at radius 1 is 1.08 bits per heavy atom. The molecule has 8 heteroatoms. The average Bonchev–Trinajstić information content (AvgIpc) is 3.63. The number of nitrogens with zero attached hydrogens (tertiary/aromatic N) is 2. The molecule has 3 aliphatic rings. The van der Waals surface area contributed by atoms with Gasteiger partial charge in [0.2, 0.25) is 0 Å². The number of carbonyl (C=O) groups excluding carboxylic acids is 2. The lowest BCUT2D eigenvalue weighted by Crippen LogP contribution is -2.41. The summed E-state index contributed by atoms with van der Waals surface area (Å²) in [5.74, 6) is 0.578. The van der Waals surface area contributed by atoms with Crippen molar-refractivity contribution in [2.75, 3.05) is 17.2 Å². The smallest absolute Gasteiger partial charge is 0.322 e. The zero-order valence-corrected chi connectivity index (χ0v) is 23.0. The maximum Gasteiger partial charge on any atom is 0.322 e. The molecule has 2 aromatic carbocycles. The Morgan fingerprint density at radius 2 is 1.82 bits per heavy atom. The van der Waals surface area contributed by atoms with E-state index in [0.717, 1.165) is 73.0 Å². The van der Waals surface area contributed by atoms with Crippen molar-refractivity contribution in [3.8, 4) is 11.3 Å². The largest absolute Gasteiger partial charge is 0.334 e. The van der Waals surface area contributed by atoms with Crippen LogP contribution in [0.15, 0.2) is 59.5 Å². The van der Waals surface area contributed by atoms with Crippen molar-refractivity contribution in [2.24, 2.45) is 0 Å². The fourth-order valence-electron chi connectivity index (χ4n) is 6.17. The second kappa shape index (κ2) is 9.90. The molecule has 7 nitrogen and oxygen atoms in total. The number of benzene rings is 2. The predicted octanol–water partition coefficient (Wildman–Crippen LogP) is 5.77. The standard InChI is InChI=1S/C31H33N3O4S/c1-2-39(37,38)24-10-5-21(6-11-24)18-32-30(36)34-20-31(15-3-4-16-31)29-28(34)14-13-27(33-29)26-17-22(19-35)7-12-25(26)23-8-9-23/h5-7,10-14,17,19,23H,2-4,8-9,15-16,18,20H2,1H3,(H,32,36). The molecule has 0 saturated heterocycles. The lowest BCUT2D eigenvalue weighted by atomic mass is 9.84. The number of nitrogens with one attached hydrogen (secondary N) is 1. The molecule has 1 aromatic heterocycles. The van der Waals surface area contributed by atoms with Crippen LogP contribution in [0.3, 0.4) is 0 Å². The highest BCUT2D eigenvalue weighted by Gasteiger charge is 2.48. The summed E-state index contributed by atoms with van der Waals surface area (Å²) in [4.78, 5) is 32.3. The summed E-state index contributed by atoms with van der Waals surface area (Å²) < 4.78 is 24.2. The number of hydrogen-bond donors (Lipinski definition) is 1. The van der Waals surface area contributed by atoms with Crippen molar-refractivity contribution < 1.29 is 18.0 Å². The summed E-state index contributed by atoms with van der Waals surface area (Å²) in [5.41, 5.74) is 6.31. The van der Waals surface area contributed by atoms with Gasteiger partial charge in [-0.15, -0.1) is 0 Å². The van der Waals surface area contributed by atoms with Crippen LogP contribution in [0.2, 0.25) is 0 Å². The Balaban J connectivity index is 1.27. The van der Waals surface area contributed by atoms with Gasteiger partial charge in [-0.25, -0.2) is 18.2 Å². The number of pyridine rings is 1. The monoisotopic (exact) mass is 543 g/mol. The van der Waals surface area contributed by atoms with E-state index in [2.05, 4.69) is 11.4 Å². The summed E-state index contributed by atoms with van der Waals surface area (Å²) in [6.45, 7) is 2.53. The van der Waals surface area contributed by atoms with Gasteiger partial charge < -0.3 is 5.32 Å². The van der Waals surface area contributed by atoms with E-state index in [0.29, 0.717) is 29.5 Å². The second-order valence-electron chi connectivity index (χ2n) is 11.1. The number of rotatable bonds is 7.